The van der Waals surface area contributed by atoms with E-state index < -0.39 is 74.3 Å². The van der Waals surface area contributed by atoms with Crippen molar-refractivity contribution in [2.24, 2.45) is 0 Å². The van der Waals surface area contributed by atoms with Crippen LogP contribution in [0.1, 0.15) is 11.9 Å². The summed E-state index contributed by atoms with van der Waals surface area (Å²) in [4.78, 5) is 0. The summed E-state index contributed by atoms with van der Waals surface area (Å²) in [6.45, 7) is 3.02. The van der Waals surface area contributed by atoms with E-state index in [-0.39, 0.29) is 13.2 Å². The third-order valence-electron chi connectivity index (χ3n) is 5.92. The normalized spacial score (nSPS) is 43.6. The van der Waals surface area contributed by atoms with Crippen molar-refractivity contribution in [1.82, 2.24) is 0 Å². The van der Waals surface area contributed by atoms with Gasteiger partial charge in [-0.25, -0.2) is 0 Å². The van der Waals surface area contributed by atoms with Crippen LogP contribution in [0.4, 0.5) is 0 Å². The topological polar surface area (TPSA) is 157 Å². The van der Waals surface area contributed by atoms with Gasteiger partial charge in [-0.1, -0.05) is 36.4 Å². The fourth-order valence-corrected chi connectivity index (χ4v) is 4.21. The second-order valence-corrected chi connectivity index (χ2v) is 8.13. The monoisotopic (exact) mass is 470 g/mol. The summed E-state index contributed by atoms with van der Waals surface area (Å²) < 4.78 is 33.8. The van der Waals surface area contributed by atoms with Crippen molar-refractivity contribution in [3.63, 3.8) is 0 Å². The first-order chi connectivity index (χ1) is 15.9. The average Bonchev–Trinajstić information content (AvgIpc) is 2.84. The summed E-state index contributed by atoms with van der Waals surface area (Å²) in [6, 6.07) is 9.16. The molecule has 33 heavy (non-hydrogen) atoms. The first-order valence-corrected chi connectivity index (χ1v) is 10.8. The standard InChI is InChI=1S/C22H30O11/c1-2-8-28-19-16(26)17(12(9-23)30-20(19)27)33-22-15(25)14(24)18-13(31-22)10-29-21(32-18)11-6-4-3-5-7-11/h2-7,12-27H,1,8-10H2/t12-,13-,14-,15-,16+,17-,18-,19-,20?,21?,22-/m1/s1. The number of benzene rings is 1. The summed E-state index contributed by atoms with van der Waals surface area (Å²) in [6.07, 6.45) is -11.8. The van der Waals surface area contributed by atoms with Gasteiger partial charge in [0.1, 0.15) is 48.8 Å². The summed E-state index contributed by atoms with van der Waals surface area (Å²) in [7, 11) is 0. The minimum absolute atomic E-state index is 0.0287. The van der Waals surface area contributed by atoms with Gasteiger partial charge < -0.3 is 54.0 Å². The van der Waals surface area contributed by atoms with Gasteiger partial charge >= 0.3 is 0 Å². The van der Waals surface area contributed by atoms with Gasteiger partial charge in [-0.3, -0.25) is 0 Å². The van der Waals surface area contributed by atoms with Crippen LogP contribution in [0.2, 0.25) is 0 Å². The highest BCUT2D eigenvalue weighted by Crippen LogP contribution is 2.36. The average molecular weight is 470 g/mol. The highest BCUT2D eigenvalue weighted by atomic mass is 16.8. The lowest BCUT2D eigenvalue weighted by Crippen LogP contribution is -2.66. The van der Waals surface area contributed by atoms with Crippen LogP contribution in [-0.4, -0.2) is 107 Å². The lowest BCUT2D eigenvalue weighted by molar-refractivity contribution is -0.385. The smallest absolute Gasteiger partial charge is 0.187 e. The van der Waals surface area contributed by atoms with Gasteiger partial charge in [-0.05, 0) is 0 Å². The first-order valence-electron chi connectivity index (χ1n) is 10.8. The predicted octanol–water partition coefficient (Wildman–Crippen LogP) is -1.43. The Morgan fingerprint density at radius 1 is 0.970 bits per heavy atom. The molecule has 3 fully saturated rings. The van der Waals surface area contributed by atoms with E-state index in [0.717, 1.165) is 5.56 Å². The quantitative estimate of drug-likeness (QED) is 0.298. The summed E-state index contributed by atoms with van der Waals surface area (Å²) >= 11 is 0. The number of aliphatic hydroxyl groups excluding tert-OH is 5. The molecule has 0 amide bonds. The molecule has 0 radical (unpaired) electrons. The number of ether oxygens (including phenoxy) is 6. The summed E-state index contributed by atoms with van der Waals surface area (Å²) in [5.41, 5.74) is 0.758. The third kappa shape index (κ3) is 5.14. The highest BCUT2D eigenvalue weighted by molar-refractivity contribution is 5.16. The molecule has 5 N–H and O–H groups in total. The van der Waals surface area contributed by atoms with Crippen molar-refractivity contribution < 1.29 is 54.0 Å². The van der Waals surface area contributed by atoms with Crippen molar-refractivity contribution in [2.75, 3.05) is 19.8 Å². The van der Waals surface area contributed by atoms with Crippen molar-refractivity contribution in [1.29, 1.82) is 0 Å². The molecule has 184 valence electrons. The SMILES string of the molecule is C=CCO[C@H]1C(O)O[C@H](CO)[C@@H](O[C@H]2O[C@@H]3COC(c4ccccc4)O[C@H]3[C@H](O)[C@H]2O)[C@@H]1O. The van der Waals surface area contributed by atoms with Gasteiger partial charge in [0.05, 0.1) is 19.8 Å². The van der Waals surface area contributed by atoms with Crippen LogP contribution >= 0.6 is 0 Å². The molecule has 3 saturated heterocycles. The van der Waals surface area contributed by atoms with E-state index >= 15 is 0 Å². The Morgan fingerprint density at radius 2 is 1.73 bits per heavy atom. The number of rotatable bonds is 7. The number of hydrogen-bond donors (Lipinski definition) is 5. The van der Waals surface area contributed by atoms with Crippen molar-refractivity contribution >= 4 is 0 Å². The van der Waals surface area contributed by atoms with Gasteiger partial charge in [0, 0.05) is 5.56 Å². The van der Waals surface area contributed by atoms with Crippen LogP contribution in [0.25, 0.3) is 0 Å². The van der Waals surface area contributed by atoms with Crippen molar-refractivity contribution in [3.8, 4) is 0 Å². The summed E-state index contributed by atoms with van der Waals surface area (Å²) in [5.74, 6) is 0. The zero-order valence-corrected chi connectivity index (χ0v) is 17.8. The van der Waals surface area contributed by atoms with Crippen LogP contribution in [0.5, 0.6) is 0 Å². The van der Waals surface area contributed by atoms with Crippen LogP contribution in [0, 0.1) is 0 Å². The maximum Gasteiger partial charge on any atom is 0.187 e. The molecule has 1 aromatic rings. The second kappa shape index (κ2) is 10.8. The molecule has 0 aromatic heterocycles. The van der Waals surface area contributed by atoms with Gasteiger partial charge in [0.15, 0.2) is 18.9 Å². The molecule has 3 heterocycles. The zero-order chi connectivity index (χ0) is 23.5. The Morgan fingerprint density at radius 3 is 2.42 bits per heavy atom. The Balaban J connectivity index is 1.44. The predicted molar refractivity (Wildman–Crippen MR) is 109 cm³/mol. The molecular formula is C22H30O11. The van der Waals surface area contributed by atoms with E-state index in [2.05, 4.69) is 6.58 Å². The van der Waals surface area contributed by atoms with Gasteiger partial charge in [0.2, 0.25) is 0 Å². The van der Waals surface area contributed by atoms with Crippen LogP contribution < -0.4 is 0 Å². The maximum absolute atomic E-state index is 10.7. The lowest BCUT2D eigenvalue weighted by Gasteiger charge is -2.48. The fourth-order valence-electron chi connectivity index (χ4n) is 4.21. The van der Waals surface area contributed by atoms with E-state index in [1.54, 1.807) is 0 Å². The Bertz CT molecular complexity index is 762. The van der Waals surface area contributed by atoms with E-state index in [4.69, 9.17) is 28.4 Å². The molecule has 3 aliphatic rings. The molecule has 11 nitrogen and oxygen atoms in total. The molecule has 0 bridgehead atoms. The molecule has 1 aromatic carbocycles. The second-order valence-electron chi connectivity index (χ2n) is 8.13. The van der Waals surface area contributed by atoms with E-state index in [1.165, 1.54) is 6.08 Å². The van der Waals surface area contributed by atoms with Crippen LogP contribution in [0.15, 0.2) is 43.0 Å². The number of aliphatic hydroxyl groups is 5. The van der Waals surface area contributed by atoms with E-state index in [9.17, 15) is 25.5 Å². The zero-order valence-electron chi connectivity index (χ0n) is 17.8. The minimum atomic E-state index is -1.54. The minimum Gasteiger partial charge on any atom is -0.394 e. The molecule has 11 heteroatoms. The molecule has 0 saturated carbocycles. The number of fused-ring (bicyclic) bond motifs is 1. The Kier molecular flexibility index (Phi) is 8.10. The number of hydrogen-bond acceptors (Lipinski definition) is 11. The molecule has 11 atom stereocenters. The maximum atomic E-state index is 10.7. The van der Waals surface area contributed by atoms with Crippen LogP contribution in [-0.2, 0) is 28.4 Å². The first kappa shape index (κ1) is 24.6. The largest absolute Gasteiger partial charge is 0.394 e. The van der Waals surface area contributed by atoms with Crippen molar-refractivity contribution in [2.45, 2.75) is 67.7 Å². The molecule has 3 aliphatic heterocycles. The van der Waals surface area contributed by atoms with Gasteiger partial charge in [-0.2, -0.15) is 0 Å². The molecular weight excluding hydrogens is 440 g/mol. The lowest BCUT2D eigenvalue weighted by atomic mass is 9.96. The van der Waals surface area contributed by atoms with E-state index in [1.807, 2.05) is 30.3 Å². The van der Waals surface area contributed by atoms with Gasteiger partial charge in [0.25, 0.3) is 0 Å². The van der Waals surface area contributed by atoms with Gasteiger partial charge in [-0.15, -0.1) is 6.58 Å². The molecule has 4 rings (SSSR count). The molecule has 0 spiro atoms. The Hall–Kier alpha value is -1.48. The van der Waals surface area contributed by atoms with E-state index in [0.29, 0.717) is 0 Å². The summed E-state index contributed by atoms with van der Waals surface area (Å²) in [5, 5.41) is 51.9. The molecule has 0 aliphatic carbocycles. The van der Waals surface area contributed by atoms with Crippen molar-refractivity contribution in [3.05, 3.63) is 48.6 Å². The molecule has 2 unspecified atom stereocenters. The fraction of sp³-hybridized carbons (Fsp3) is 0.636. The Labute approximate surface area is 190 Å². The van der Waals surface area contributed by atoms with Crippen LogP contribution in [0.3, 0.4) is 0 Å². The highest BCUT2D eigenvalue weighted by Gasteiger charge is 2.53. The third-order valence-corrected chi connectivity index (χ3v) is 5.92.